The molecule has 14 heavy (non-hydrogen) atoms. The van der Waals surface area contributed by atoms with Crippen molar-refractivity contribution < 1.29 is 9.18 Å². The van der Waals surface area contributed by atoms with Crippen molar-refractivity contribution in [3.8, 4) is 0 Å². The highest BCUT2D eigenvalue weighted by atomic mass is 79.9. The molecule has 0 saturated carbocycles. The summed E-state index contributed by atoms with van der Waals surface area (Å²) in [6, 6.07) is 6.11. The van der Waals surface area contributed by atoms with E-state index >= 15 is 0 Å². The number of halogens is 2. The van der Waals surface area contributed by atoms with Gasteiger partial charge in [0.1, 0.15) is 0 Å². The van der Waals surface area contributed by atoms with E-state index in [2.05, 4.69) is 26.0 Å². The van der Waals surface area contributed by atoms with E-state index in [0.29, 0.717) is 0 Å². The molecule has 72 valence electrons. The van der Waals surface area contributed by atoms with E-state index in [9.17, 15) is 9.18 Å². The normalized spacial score (nSPS) is 11.6. The summed E-state index contributed by atoms with van der Waals surface area (Å²) in [4.78, 5) is 13.4. The molecule has 0 aliphatic rings. The maximum Gasteiger partial charge on any atom is 0.241 e. The van der Waals surface area contributed by atoms with Gasteiger partial charge < -0.3 is 0 Å². The first-order valence-electron chi connectivity index (χ1n) is 3.63. The van der Waals surface area contributed by atoms with Crippen LogP contribution in [0.5, 0.6) is 0 Å². The summed E-state index contributed by atoms with van der Waals surface area (Å²) in [7, 11) is 0. The number of azide groups is 1. The van der Waals surface area contributed by atoms with Gasteiger partial charge in [-0.2, -0.15) is 0 Å². The molecule has 6 heteroatoms. The zero-order chi connectivity index (χ0) is 10.6. The Morgan fingerprint density at radius 2 is 2.07 bits per heavy atom. The predicted molar refractivity (Wildman–Crippen MR) is 52.5 cm³/mol. The van der Waals surface area contributed by atoms with Crippen LogP contribution in [-0.4, -0.2) is 12.1 Å². The average Bonchev–Trinajstić information content (AvgIpc) is 2.18. The number of benzene rings is 1. The fourth-order valence-electron chi connectivity index (χ4n) is 0.849. The van der Waals surface area contributed by atoms with Gasteiger partial charge in [-0.1, -0.05) is 28.1 Å². The average molecular weight is 258 g/mol. The number of hydrogen-bond acceptors (Lipinski definition) is 2. The molecular weight excluding hydrogens is 253 g/mol. The first-order valence-corrected chi connectivity index (χ1v) is 4.42. The largest absolute Gasteiger partial charge is 0.291 e. The molecule has 0 heterocycles. The van der Waals surface area contributed by atoms with Gasteiger partial charge in [0.15, 0.2) is 0 Å². The quantitative estimate of drug-likeness (QED) is 0.270. The second kappa shape index (κ2) is 4.74. The van der Waals surface area contributed by atoms with E-state index in [1.807, 2.05) is 0 Å². The van der Waals surface area contributed by atoms with Crippen LogP contribution < -0.4 is 0 Å². The molecule has 0 N–H and O–H groups in total. The van der Waals surface area contributed by atoms with Gasteiger partial charge in [0.25, 0.3) is 0 Å². The molecular formula is C8H5BrFN3O. The summed E-state index contributed by atoms with van der Waals surface area (Å²) in [5.41, 5.74) is 8.11. The number of carbonyl (C=O) groups excluding carboxylic acids is 1. The molecule has 4 nitrogen and oxygen atoms in total. The third-order valence-corrected chi connectivity index (χ3v) is 2.03. The zero-order valence-electron chi connectivity index (χ0n) is 6.89. The fourth-order valence-corrected chi connectivity index (χ4v) is 1.11. The predicted octanol–water partition coefficient (Wildman–Crippen LogP) is 3.24. The number of ketones is 1. The summed E-state index contributed by atoms with van der Waals surface area (Å²) in [6.45, 7) is 0. The molecule has 0 bridgehead atoms. The highest BCUT2D eigenvalue weighted by molar-refractivity contribution is 9.10. The van der Waals surface area contributed by atoms with Crippen molar-refractivity contribution in [2.24, 2.45) is 5.11 Å². The van der Waals surface area contributed by atoms with E-state index in [1.54, 1.807) is 12.1 Å². The number of nitrogens with zero attached hydrogens (tertiary/aromatic N) is 3. The minimum Gasteiger partial charge on any atom is -0.291 e. The Bertz CT molecular complexity index is 386. The van der Waals surface area contributed by atoms with Crippen molar-refractivity contribution in [1.82, 2.24) is 0 Å². The van der Waals surface area contributed by atoms with E-state index in [-0.39, 0.29) is 5.56 Å². The molecule has 0 spiro atoms. The Morgan fingerprint density at radius 3 is 2.57 bits per heavy atom. The molecule has 1 rings (SSSR count). The SMILES string of the molecule is [N-]=[N+]=NC(F)C(=O)c1ccc(Br)cc1. The molecule has 1 unspecified atom stereocenters. The second-order valence-corrected chi connectivity index (χ2v) is 3.33. The van der Waals surface area contributed by atoms with Gasteiger partial charge in [0, 0.05) is 14.9 Å². The van der Waals surface area contributed by atoms with Crippen molar-refractivity contribution in [1.29, 1.82) is 0 Å². The minimum absolute atomic E-state index is 0.174. The lowest BCUT2D eigenvalue weighted by Gasteiger charge is -2.00. The molecule has 1 aromatic carbocycles. The van der Waals surface area contributed by atoms with Crippen molar-refractivity contribution in [2.45, 2.75) is 6.30 Å². The lowest BCUT2D eigenvalue weighted by molar-refractivity contribution is 0.0883. The van der Waals surface area contributed by atoms with Gasteiger partial charge in [0.05, 0.1) is 0 Å². The molecule has 0 fully saturated rings. The smallest absolute Gasteiger partial charge is 0.241 e. The molecule has 0 radical (unpaired) electrons. The molecule has 0 aliphatic heterocycles. The van der Waals surface area contributed by atoms with Gasteiger partial charge in [-0.25, -0.2) is 4.39 Å². The van der Waals surface area contributed by atoms with Crippen LogP contribution in [0.15, 0.2) is 33.9 Å². The molecule has 1 aromatic rings. The van der Waals surface area contributed by atoms with Crippen LogP contribution in [0.2, 0.25) is 0 Å². The standard InChI is InChI=1S/C8H5BrFN3O/c9-6-3-1-5(2-4-6)7(14)8(10)12-13-11/h1-4,8H. The van der Waals surface area contributed by atoms with E-state index in [4.69, 9.17) is 5.53 Å². The van der Waals surface area contributed by atoms with Crippen molar-refractivity contribution >= 4 is 21.7 Å². The van der Waals surface area contributed by atoms with E-state index < -0.39 is 12.1 Å². The third-order valence-electron chi connectivity index (χ3n) is 1.50. The summed E-state index contributed by atoms with van der Waals surface area (Å²) in [5.74, 6) is -0.838. The maximum absolute atomic E-state index is 12.8. The van der Waals surface area contributed by atoms with Crippen LogP contribution >= 0.6 is 15.9 Å². The fraction of sp³-hybridized carbons (Fsp3) is 0.125. The summed E-state index contributed by atoms with van der Waals surface area (Å²) in [6.07, 6.45) is -2.15. The first kappa shape index (κ1) is 10.7. The minimum atomic E-state index is -2.15. The summed E-state index contributed by atoms with van der Waals surface area (Å²) in [5, 5.41) is 2.68. The van der Waals surface area contributed by atoms with Gasteiger partial charge in [-0.3, -0.25) is 4.79 Å². The van der Waals surface area contributed by atoms with Gasteiger partial charge in [-0.15, -0.1) is 0 Å². The summed E-state index contributed by atoms with van der Waals surface area (Å²) < 4.78 is 13.6. The Hall–Kier alpha value is -1.39. The van der Waals surface area contributed by atoms with Gasteiger partial charge >= 0.3 is 0 Å². The van der Waals surface area contributed by atoms with Crippen molar-refractivity contribution in [2.75, 3.05) is 0 Å². The van der Waals surface area contributed by atoms with E-state index in [0.717, 1.165) is 4.47 Å². The Labute approximate surface area is 87.5 Å². The number of rotatable bonds is 3. The van der Waals surface area contributed by atoms with Crippen LogP contribution in [0.25, 0.3) is 10.4 Å². The van der Waals surface area contributed by atoms with Crippen LogP contribution in [0.3, 0.4) is 0 Å². The maximum atomic E-state index is 12.8. The highest BCUT2D eigenvalue weighted by Gasteiger charge is 2.16. The number of carbonyl (C=O) groups is 1. The zero-order valence-corrected chi connectivity index (χ0v) is 8.48. The Kier molecular flexibility index (Phi) is 3.62. The molecule has 0 aromatic heterocycles. The third kappa shape index (κ3) is 2.55. The molecule has 0 saturated heterocycles. The molecule has 0 aliphatic carbocycles. The molecule has 0 amide bonds. The van der Waals surface area contributed by atoms with Crippen molar-refractivity contribution in [3.63, 3.8) is 0 Å². The first-order chi connectivity index (χ1) is 6.65. The van der Waals surface area contributed by atoms with Crippen molar-refractivity contribution in [3.05, 3.63) is 44.7 Å². The van der Waals surface area contributed by atoms with Crippen LogP contribution in [0, 0.1) is 0 Å². The van der Waals surface area contributed by atoms with E-state index in [1.165, 1.54) is 12.1 Å². The number of Topliss-reactive ketones (excluding diaryl/α,β-unsaturated/α-hetero) is 1. The lowest BCUT2D eigenvalue weighted by atomic mass is 10.1. The summed E-state index contributed by atoms with van der Waals surface area (Å²) >= 11 is 3.18. The topological polar surface area (TPSA) is 65.8 Å². The Balaban J connectivity index is 2.89. The van der Waals surface area contributed by atoms with Gasteiger partial charge in [-0.05, 0) is 22.8 Å². The highest BCUT2D eigenvalue weighted by Crippen LogP contribution is 2.13. The number of hydrogen-bond donors (Lipinski definition) is 0. The van der Waals surface area contributed by atoms with Gasteiger partial charge in [0.2, 0.25) is 12.1 Å². The second-order valence-electron chi connectivity index (χ2n) is 2.41. The monoisotopic (exact) mass is 257 g/mol. The lowest BCUT2D eigenvalue weighted by Crippen LogP contribution is -2.12. The molecule has 1 atom stereocenters. The van der Waals surface area contributed by atoms with Crippen LogP contribution in [0.1, 0.15) is 10.4 Å². The number of alkyl halides is 1. The van der Waals surface area contributed by atoms with Crippen LogP contribution in [-0.2, 0) is 0 Å². The van der Waals surface area contributed by atoms with Crippen LogP contribution in [0.4, 0.5) is 4.39 Å². The Morgan fingerprint density at radius 1 is 1.50 bits per heavy atom.